The van der Waals surface area contributed by atoms with Gasteiger partial charge in [0.05, 0.1) is 17.3 Å². The molecule has 0 aliphatic carbocycles. The lowest BCUT2D eigenvalue weighted by Gasteiger charge is -2.11. The van der Waals surface area contributed by atoms with E-state index < -0.39 is 0 Å². The highest BCUT2D eigenvalue weighted by Crippen LogP contribution is 2.29. The van der Waals surface area contributed by atoms with Crippen LogP contribution in [0, 0.1) is 11.3 Å². The minimum absolute atomic E-state index is 0.0107. The summed E-state index contributed by atoms with van der Waals surface area (Å²) >= 11 is 9.12. The van der Waals surface area contributed by atoms with E-state index in [4.69, 9.17) is 16.9 Å². The van der Waals surface area contributed by atoms with Crippen LogP contribution in [0.2, 0.25) is 5.02 Å². The summed E-state index contributed by atoms with van der Waals surface area (Å²) < 4.78 is 0. The third-order valence-electron chi connectivity index (χ3n) is 2.00. The van der Waals surface area contributed by atoms with E-state index in [1.807, 2.05) is 0 Å². The van der Waals surface area contributed by atoms with Crippen LogP contribution in [-0.4, -0.2) is 5.78 Å². The highest BCUT2D eigenvalue weighted by Gasteiger charge is 2.16. The first kappa shape index (κ1) is 12.2. The molecule has 78 valence electrons. The molecule has 1 aromatic carbocycles. The van der Waals surface area contributed by atoms with E-state index in [9.17, 15) is 4.79 Å². The molecule has 15 heavy (non-hydrogen) atoms. The van der Waals surface area contributed by atoms with Crippen LogP contribution < -0.4 is 0 Å². The Labute approximate surface area is 102 Å². The van der Waals surface area contributed by atoms with Crippen LogP contribution in [0.3, 0.4) is 0 Å². The van der Waals surface area contributed by atoms with Crippen LogP contribution in [-0.2, 0) is 11.2 Å². The molecule has 0 fully saturated rings. The number of ketones is 1. The molecular weight excluding hydrogens is 277 g/mol. The average Bonchev–Trinajstić information content (AvgIpc) is 2.17. The SMILES string of the molecule is CC(=O)C(Br)c1ccc(Cl)cc1CC#N. The summed E-state index contributed by atoms with van der Waals surface area (Å²) in [5.74, 6) is 0.0107. The fourth-order valence-corrected chi connectivity index (χ4v) is 1.92. The second kappa shape index (κ2) is 5.29. The highest BCUT2D eigenvalue weighted by molar-refractivity contribution is 9.09. The first-order valence-corrected chi connectivity index (χ1v) is 5.65. The maximum absolute atomic E-state index is 11.2. The molecule has 0 spiro atoms. The number of carbonyl (C=O) groups excluding carboxylic acids is 1. The van der Waals surface area contributed by atoms with Crippen molar-refractivity contribution >= 4 is 33.3 Å². The zero-order valence-corrected chi connectivity index (χ0v) is 10.5. The normalized spacial score (nSPS) is 11.9. The molecule has 0 saturated carbocycles. The van der Waals surface area contributed by atoms with Gasteiger partial charge in [-0.3, -0.25) is 4.79 Å². The van der Waals surface area contributed by atoms with Crippen molar-refractivity contribution in [1.29, 1.82) is 5.26 Å². The quantitative estimate of drug-likeness (QED) is 0.799. The van der Waals surface area contributed by atoms with E-state index in [0.717, 1.165) is 11.1 Å². The second-order valence-electron chi connectivity index (χ2n) is 3.15. The van der Waals surface area contributed by atoms with Crippen LogP contribution in [0.25, 0.3) is 0 Å². The van der Waals surface area contributed by atoms with Crippen molar-refractivity contribution in [1.82, 2.24) is 0 Å². The summed E-state index contributed by atoms with van der Waals surface area (Å²) in [5.41, 5.74) is 1.61. The Morgan fingerprint density at radius 1 is 1.67 bits per heavy atom. The van der Waals surface area contributed by atoms with Crippen LogP contribution >= 0.6 is 27.5 Å². The number of carbonyl (C=O) groups is 1. The van der Waals surface area contributed by atoms with Crippen LogP contribution in [0.4, 0.5) is 0 Å². The van der Waals surface area contributed by atoms with Gasteiger partial charge in [0, 0.05) is 5.02 Å². The van der Waals surface area contributed by atoms with Crippen LogP contribution in [0.1, 0.15) is 22.9 Å². The third kappa shape index (κ3) is 3.05. The Kier molecular flexibility index (Phi) is 4.31. The number of alkyl halides is 1. The average molecular weight is 287 g/mol. The number of hydrogen-bond acceptors (Lipinski definition) is 2. The molecule has 1 unspecified atom stereocenters. The van der Waals surface area contributed by atoms with E-state index in [2.05, 4.69) is 22.0 Å². The summed E-state index contributed by atoms with van der Waals surface area (Å²) in [6.45, 7) is 1.50. The topological polar surface area (TPSA) is 40.9 Å². The fourth-order valence-electron chi connectivity index (χ4n) is 1.28. The Morgan fingerprint density at radius 2 is 2.33 bits per heavy atom. The Morgan fingerprint density at radius 3 is 2.87 bits per heavy atom. The first-order chi connectivity index (χ1) is 7.06. The minimum atomic E-state index is -0.363. The molecule has 0 bridgehead atoms. The fraction of sp³-hybridized carbons (Fsp3) is 0.273. The summed E-state index contributed by atoms with van der Waals surface area (Å²) in [6.07, 6.45) is 0.255. The van der Waals surface area contributed by atoms with Crippen LogP contribution in [0.5, 0.6) is 0 Å². The molecule has 2 nitrogen and oxygen atoms in total. The molecule has 0 N–H and O–H groups in total. The molecule has 0 saturated heterocycles. The number of nitriles is 1. The number of Topliss-reactive ketones (excluding diaryl/α,β-unsaturated/α-hetero) is 1. The molecule has 0 aliphatic rings. The lowest BCUT2D eigenvalue weighted by atomic mass is 10.0. The van der Waals surface area contributed by atoms with Gasteiger partial charge in [-0.25, -0.2) is 0 Å². The largest absolute Gasteiger partial charge is 0.298 e. The zero-order valence-electron chi connectivity index (χ0n) is 8.13. The van der Waals surface area contributed by atoms with Gasteiger partial charge < -0.3 is 0 Å². The summed E-state index contributed by atoms with van der Waals surface area (Å²) in [5, 5.41) is 9.24. The van der Waals surface area contributed by atoms with Crippen LogP contribution in [0.15, 0.2) is 18.2 Å². The van der Waals surface area contributed by atoms with Gasteiger partial charge in [-0.15, -0.1) is 0 Å². The number of nitrogens with zero attached hydrogens (tertiary/aromatic N) is 1. The summed E-state index contributed by atoms with van der Waals surface area (Å²) in [4.78, 5) is 10.9. The van der Waals surface area contributed by atoms with E-state index in [1.54, 1.807) is 18.2 Å². The Hall–Kier alpha value is -0.850. The first-order valence-electron chi connectivity index (χ1n) is 4.36. The molecular formula is C11H9BrClNO. The van der Waals surface area contributed by atoms with Crippen molar-refractivity contribution in [2.75, 3.05) is 0 Å². The molecule has 0 aromatic heterocycles. The van der Waals surface area contributed by atoms with Crippen molar-refractivity contribution in [3.05, 3.63) is 34.3 Å². The molecule has 1 atom stereocenters. The number of hydrogen-bond donors (Lipinski definition) is 0. The number of rotatable bonds is 3. The van der Waals surface area contributed by atoms with Gasteiger partial charge in [0.15, 0.2) is 0 Å². The monoisotopic (exact) mass is 285 g/mol. The van der Waals surface area contributed by atoms with E-state index >= 15 is 0 Å². The summed E-state index contributed by atoms with van der Waals surface area (Å²) in [6, 6.07) is 7.27. The van der Waals surface area contributed by atoms with Gasteiger partial charge >= 0.3 is 0 Å². The second-order valence-corrected chi connectivity index (χ2v) is 4.50. The van der Waals surface area contributed by atoms with E-state index in [1.165, 1.54) is 6.92 Å². The molecule has 0 amide bonds. The van der Waals surface area contributed by atoms with Crippen molar-refractivity contribution < 1.29 is 4.79 Å². The number of halogens is 2. The van der Waals surface area contributed by atoms with E-state index in [0.29, 0.717) is 5.02 Å². The van der Waals surface area contributed by atoms with Gasteiger partial charge in [-0.1, -0.05) is 33.6 Å². The maximum atomic E-state index is 11.2. The van der Waals surface area contributed by atoms with Crippen molar-refractivity contribution in [3.63, 3.8) is 0 Å². The lowest BCUT2D eigenvalue weighted by molar-refractivity contribution is -0.116. The highest BCUT2D eigenvalue weighted by atomic mass is 79.9. The minimum Gasteiger partial charge on any atom is -0.298 e. The zero-order chi connectivity index (χ0) is 11.4. The third-order valence-corrected chi connectivity index (χ3v) is 3.38. The van der Waals surface area contributed by atoms with Gasteiger partial charge in [0.2, 0.25) is 0 Å². The Bertz CT molecular complexity index is 425. The molecule has 4 heteroatoms. The molecule has 1 aromatic rings. The van der Waals surface area contributed by atoms with Crippen molar-refractivity contribution in [2.45, 2.75) is 18.2 Å². The predicted molar refractivity (Wildman–Crippen MR) is 63.1 cm³/mol. The predicted octanol–water partition coefficient (Wildman–Crippen LogP) is 3.43. The van der Waals surface area contributed by atoms with Gasteiger partial charge in [0.1, 0.15) is 5.78 Å². The molecule has 0 aliphatic heterocycles. The van der Waals surface area contributed by atoms with Crippen molar-refractivity contribution in [2.24, 2.45) is 0 Å². The number of benzene rings is 1. The molecule has 1 rings (SSSR count). The smallest absolute Gasteiger partial charge is 0.147 e. The lowest BCUT2D eigenvalue weighted by Crippen LogP contribution is -2.04. The van der Waals surface area contributed by atoms with Gasteiger partial charge in [0.25, 0.3) is 0 Å². The van der Waals surface area contributed by atoms with Gasteiger partial charge in [-0.05, 0) is 30.2 Å². The van der Waals surface area contributed by atoms with E-state index in [-0.39, 0.29) is 17.0 Å². The van der Waals surface area contributed by atoms with Gasteiger partial charge in [-0.2, -0.15) is 5.26 Å². The molecule has 0 radical (unpaired) electrons. The molecule has 0 heterocycles. The standard InChI is InChI=1S/C11H9BrClNO/c1-7(15)11(12)10-3-2-9(13)6-8(10)4-5-14/h2-3,6,11H,4H2,1H3. The van der Waals surface area contributed by atoms with Crippen molar-refractivity contribution in [3.8, 4) is 6.07 Å². The Balaban J connectivity index is 3.17. The summed E-state index contributed by atoms with van der Waals surface area (Å²) in [7, 11) is 0. The maximum Gasteiger partial charge on any atom is 0.147 e.